The predicted octanol–water partition coefficient (Wildman–Crippen LogP) is 2.04. The summed E-state index contributed by atoms with van der Waals surface area (Å²) in [4.78, 5) is 0. The highest BCUT2D eigenvalue weighted by molar-refractivity contribution is 4.89. The summed E-state index contributed by atoms with van der Waals surface area (Å²) in [5, 5.41) is 2.59. The number of hydrogen-bond donors (Lipinski definition) is 1. The van der Waals surface area contributed by atoms with E-state index >= 15 is 0 Å². The lowest BCUT2D eigenvalue weighted by atomic mass is 10.2. The Labute approximate surface area is 78.7 Å². The third-order valence-electron chi connectivity index (χ3n) is 1.60. The molecule has 0 spiro atoms. The van der Waals surface area contributed by atoms with Crippen molar-refractivity contribution in [3.63, 3.8) is 0 Å². The lowest BCUT2D eigenvalue weighted by molar-refractivity contribution is -0.122. The highest BCUT2D eigenvalue weighted by atomic mass is 19.3. The highest BCUT2D eigenvalue weighted by Gasteiger charge is 2.45. The summed E-state index contributed by atoms with van der Waals surface area (Å²) in [6.45, 7) is 7.51. The maximum absolute atomic E-state index is 12.8. The van der Waals surface area contributed by atoms with Gasteiger partial charge in [-0.2, -0.15) is 0 Å². The Balaban J connectivity index is 0.000000671. The predicted molar refractivity (Wildman–Crippen MR) is 49.2 cm³/mol. The Bertz CT molecular complexity index is 140. The topological polar surface area (TPSA) is 21.3 Å². The van der Waals surface area contributed by atoms with Gasteiger partial charge in [0.15, 0.2) is 0 Å². The second kappa shape index (κ2) is 5.50. The molecule has 0 aromatic carbocycles. The molecule has 1 unspecified atom stereocenters. The molecule has 1 fully saturated rings. The fourth-order valence-electron chi connectivity index (χ4n) is 1.11. The summed E-state index contributed by atoms with van der Waals surface area (Å²) < 4.78 is 30.6. The van der Waals surface area contributed by atoms with Gasteiger partial charge in [0.25, 0.3) is 5.92 Å². The second-order valence-corrected chi connectivity index (χ2v) is 3.07. The van der Waals surface area contributed by atoms with Crippen LogP contribution in [0.15, 0.2) is 0 Å². The first kappa shape index (κ1) is 12.8. The molecular weight excluding hydrogens is 176 g/mol. The lowest BCUT2D eigenvalue weighted by Gasteiger charge is -2.20. The maximum Gasteiger partial charge on any atom is 0.287 e. The van der Waals surface area contributed by atoms with Crippen LogP contribution in [0.5, 0.6) is 0 Å². The van der Waals surface area contributed by atoms with Crippen molar-refractivity contribution in [3.05, 3.63) is 0 Å². The maximum atomic E-state index is 12.8. The Hall–Kier alpha value is -0.220. The van der Waals surface area contributed by atoms with Crippen molar-refractivity contribution >= 4 is 0 Å². The van der Waals surface area contributed by atoms with Gasteiger partial charge in [-0.15, -0.1) is 0 Å². The van der Waals surface area contributed by atoms with E-state index in [-0.39, 0.29) is 19.2 Å². The molecule has 2 nitrogen and oxygen atoms in total. The van der Waals surface area contributed by atoms with Gasteiger partial charge in [0.2, 0.25) is 0 Å². The van der Waals surface area contributed by atoms with Crippen molar-refractivity contribution in [2.45, 2.75) is 45.8 Å². The van der Waals surface area contributed by atoms with Gasteiger partial charge < -0.3 is 10.1 Å². The number of nitrogens with one attached hydrogen (secondary N) is 1. The summed E-state index contributed by atoms with van der Waals surface area (Å²) in [5.41, 5.74) is 0. The van der Waals surface area contributed by atoms with Crippen molar-refractivity contribution in [2.24, 2.45) is 0 Å². The first-order valence-corrected chi connectivity index (χ1v) is 4.76. The lowest BCUT2D eigenvalue weighted by Crippen LogP contribution is -2.35. The van der Waals surface area contributed by atoms with E-state index in [4.69, 9.17) is 4.74 Å². The monoisotopic (exact) mass is 195 g/mol. The summed E-state index contributed by atoms with van der Waals surface area (Å²) in [6, 6.07) is 0. The summed E-state index contributed by atoms with van der Waals surface area (Å²) >= 11 is 0. The zero-order chi connectivity index (χ0) is 10.5. The van der Waals surface area contributed by atoms with E-state index in [1.807, 2.05) is 13.8 Å². The van der Waals surface area contributed by atoms with E-state index in [9.17, 15) is 8.78 Å². The Morgan fingerprint density at radius 3 is 2.23 bits per heavy atom. The van der Waals surface area contributed by atoms with E-state index in [0.717, 1.165) is 0 Å². The zero-order valence-electron chi connectivity index (χ0n) is 8.73. The van der Waals surface area contributed by atoms with Crippen LogP contribution in [0.2, 0.25) is 0 Å². The molecule has 0 aromatic heterocycles. The SMILES string of the molecule is CC.CC(C)OC1CNCC1(F)F. The van der Waals surface area contributed by atoms with E-state index in [1.165, 1.54) is 0 Å². The minimum Gasteiger partial charge on any atom is -0.368 e. The fraction of sp³-hybridized carbons (Fsp3) is 1.00. The average molecular weight is 195 g/mol. The van der Waals surface area contributed by atoms with E-state index in [1.54, 1.807) is 13.8 Å². The first-order valence-electron chi connectivity index (χ1n) is 4.76. The molecular formula is C9H19F2NO. The van der Waals surface area contributed by atoms with Crippen LogP contribution < -0.4 is 5.32 Å². The quantitative estimate of drug-likeness (QED) is 0.728. The number of rotatable bonds is 2. The van der Waals surface area contributed by atoms with Crippen molar-refractivity contribution in [1.29, 1.82) is 0 Å². The molecule has 0 amide bonds. The number of hydrogen-bond acceptors (Lipinski definition) is 2. The molecule has 1 heterocycles. The van der Waals surface area contributed by atoms with Gasteiger partial charge >= 0.3 is 0 Å². The number of alkyl halides is 2. The molecule has 1 aliphatic heterocycles. The minimum atomic E-state index is -2.69. The normalized spacial score (nSPS) is 25.6. The summed E-state index contributed by atoms with van der Waals surface area (Å²) in [7, 11) is 0. The van der Waals surface area contributed by atoms with Crippen LogP contribution in [-0.4, -0.2) is 31.2 Å². The molecule has 80 valence electrons. The van der Waals surface area contributed by atoms with Crippen LogP contribution in [0, 0.1) is 0 Å². The van der Waals surface area contributed by atoms with Crippen LogP contribution in [-0.2, 0) is 4.74 Å². The van der Waals surface area contributed by atoms with Gasteiger partial charge in [-0.25, -0.2) is 8.78 Å². The third-order valence-corrected chi connectivity index (χ3v) is 1.60. The smallest absolute Gasteiger partial charge is 0.287 e. The van der Waals surface area contributed by atoms with Crippen LogP contribution in [0.1, 0.15) is 27.7 Å². The third kappa shape index (κ3) is 4.00. The van der Waals surface area contributed by atoms with Gasteiger partial charge in [-0.3, -0.25) is 0 Å². The largest absolute Gasteiger partial charge is 0.368 e. The molecule has 0 aromatic rings. The summed E-state index contributed by atoms with van der Waals surface area (Å²) in [6.07, 6.45) is -1.08. The molecule has 1 saturated heterocycles. The average Bonchev–Trinajstić information content (AvgIpc) is 2.34. The molecule has 1 rings (SSSR count). The first-order chi connectivity index (χ1) is 6.02. The Kier molecular flexibility index (Phi) is 5.40. The molecule has 0 saturated carbocycles. The Morgan fingerprint density at radius 1 is 1.38 bits per heavy atom. The van der Waals surface area contributed by atoms with E-state index < -0.39 is 12.0 Å². The summed E-state index contributed by atoms with van der Waals surface area (Å²) in [5.74, 6) is -2.69. The number of ether oxygens (including phenoxy) is 1. The number of halogens is 2. The van der Waals surface area contributed by atoms with Gasteiger partial charge in [-0.1, -0.05) is 13.8 Å². The van der Waals surface area contributed by atoms with Crippen LogP contribution in [0.25, 0.3) is 0 Å². The second-order valence-electron chi connectivity index (χ2n) is 3.07. The van der Waals surface area contributed by atoms with E-state index in [2.05, 4.69) is 5.32 Å². The molecule has 1 atom stereocenters. The van der Waals surface area contributed by atoms with Crippen molar-refractivity contribution in [2.75, 3.05) is 13.1 Å². The standard InChI is InChI=1S/C7H13F2NO.C2H6/c1-5(2)11-6-3-10-4-7(6,8)9;1-2/h5-6,10H,3-4H2,1-2H3;1-2H3. The van der Waals surface area contributed by atoms with E-state index in [0.29, 0.717) is 0 Å². The van der Waals surface area contributed by atoms with Crippen LogP contribution in [0.4, 0.5) is 8.78 Å². The molecule has 4 heteroatoms. The van der Waals surface area contributed by atoms with Gasteiger partial charge in [0, 0.05) is 6.54 Å². The molecule has 1 aliphatic rings. The molecule has 13 heavy (non-hydrogen) atoms. The molecule has 0 bridgehead atoms. The van der Waals surface area contributed by atoms with Gasteiger partial charge in [0.1, 0.15) is 6.10 Å². The molecule has 0 radical (unpaired) electrons. The van der Waals surface area contributed by atoms with Crippen molar-refractivity contribution in [1.82, 2.24) is 5.32 Å². The van der Waals surface area contributed by atoms with Crippen LogP contribution >= 0.6 is 0 Å². The van der Waals surface area contributed by atoms with Gasteiger partial charge in [0.05, 0.1) is 12.6 Å². The van der Waals surface area contributed by atoms with Crippen molar-refractivity contribution < 1.29 is 13.5 Å². The zero-order valence-corrected chi connectivity index (χ0v) is 8.73. The Morgan fingerprint density at radius 2 is 1.92 bits per heavy atom. The van der Waals surface area contributed by atoms with Crippen molar-refractivity contribution in [3.8, 4) is 0 Å². The molecule has 0 aliphatic carbocycles. The van der Waals surface area contributed by atoms with Crippen LogP contribution in [0.3, 0.4) is 0 Å². The fourth-order valence-corrected chi connectivity index (χ4v) is 1.11. The highest BCUT2D eigenvalue weighted by Crippen LogP contribution is 2.25. The minimum absolute atomic E-state index is 0.134. The van der Waals surface area contributed by atoms with Gasteiger partial charge in [-0.05, 0) is 13.8 Å². The molecule has 1 N–H and O–H groups in total.